The van der Waals surface area contributed by atoms with Crippen molar-refractivity contribution in [1.29, 1.82) is 0 Å². The van der Waals surface area contributed by atoms with Gasteiger partial charge in [0, 0.05) is 34.4 Å². The monoisotopic (exact) mass is 384 g/mol. The zero-order valence-corrected chi connectivity index (χ0v) is 15.1. The number of carbonyl (C=O) groups excluding carboxylic acids is 1. The Hall–Kier alpha value is -2.84. The fourth-order valence-corrected chi connectivity index (χ4v) is 4.00. The molecule has 0 unspecified atom stereocenters. The van der Waals surface area contributed by atoms with Crippen LogP contribution in [-0.4, -0.2) is 20.4 Å². The summed E-state index contributed by atoms with van der Waals surface area (Å²) in [7, 11) is 0. The van der Waals surface area contributed by atoms with Gasteiger partial charge in [0.15, 0.2) is 0 Å². The predicted octanol–water partition coefficient (Wildman–Crippen LogP) is 4.38. The molecular formula is C18H13FN4OS2. The number of benzene rings is 1. The first-order valence-electron chi connectivity index (χ1n) is 7.74. The first-order valence-corrected chi connectivity index (χ1v) is 9.56. The molecule has 3 heterocycles. The third-order valence-corrected chi connectivity index (χ3v) is 5.30. The molecule has 4 aromatic rings. The molecule has 0 atom stereocenters. The van der Waals surface area contributed by atoms with Gasteiger partial charge >= 0.3 is 0 Å². The molecule has 0 aliphatic carbocycles. The molecule has 1 aromatic carbocycles. The van der Waals surface area contributed by atoms with E-state index in [0.29, 0.717) is 17.1 Å². The summed E-state index contributed by atoms with van der Waals surface area (Å²) in [5.74, 6) is -0.670. The molecular weight excluding hydrogens is 371 g/mol. The molecule has 1 amide bonds. The maximum absolute atomic E-state index is 14.2. The number of nitrogens with zero attached hydrogens (tertiary/aromatic N) is 3. The van der Waals surface area contributed by atoms with Crippen molar-refractivity contribution in [2.75, 3.05) is 5.32 Å². The second-order valence-electron chi connectivity index (χ2n) is 5.52. The third kappa shape index (κ3) is 3.56. The molecule has 130 valence electrons. The molecule has 8 heteroatoms. The lowest BCUT2D eigenvalue weighted by Gasteiger charge is -2.08. The molecule has 1 N–H and O–H groups in total. The highest BCUT2D eigenvalue weighted by Gasteiger charge is 2.11. The standard InChI is InChI=1S/C18H13FN4OS2/c19-15-7-13(1-2-16(15)23-5-4-20-11-23)21-17(24)8-14-10-26-18(22-14)12-3-6-25-9-12/h1-7,9-11H,8H2,(H,21,24). The van der Waals surface area contributed by atoms with Gasteiger partial charge in [-0.2, -0.15) is 11.3 Å². The quantitative estimate of drug-likeness (QED) is 0.556. The van der Waals surface area contributed by atoms with Crippen molar-refractivity contribution in [3.63, 3.8) is 0 Å². The van der Waals surface area contributed by atoms with Crippen LogP contribution >= 0.6 is 22.7 Å². The fourth-order valence-electron chi connectivity index (χ4n) is 2.47. The Morgan fingerprint density at radius 2 is 2.19 bits per heavy atom. The number of aromatic nitrogens is 3. The molecule has 3 aromatic heterocycles. The van der Waals surface area contributed by atoms with E-state index in [9.17, 15) is 9.18 Å². The van der Waals surface area contributed by atoms with E-state index in [0.717, 1.165) is 10.6 Å². The molecule has 0 saturated heterocycles. The summed E-state index contributed by atoms with van der Waals surface area (Å²) >= 11 is 3.11. The summed E-state index contributed by atoms with van der Waals surface area (Å²) in [6.07, 6.45) is 4.90. The van der Waals surface area contributed by atoms with Gasteiger partial charge in [-0.3, -0.25) is 4.79 Å². The minimum absolute atomic E-state index is 0.144. The number of thiophene rings is 1. The average Bonchev–Trinajstić information content (AvgIpc) is 3.37. The fraction of sp³-hybridized carbons (Fsp3) is 0.0556. The van der Waals surface area contributed by atoms with Crippen LogP contribution in [0.1, 0.15) is 5.69 Å². The number of hydrogen-bond donors (Lipinski definition) is 1. The Labute approximate surface area is 156 Å². The summed E-state index contributed by atoms with van der Waals surface area (Å²) in [4.78, 5) is 20.6. The van der Waals surface area contributed by atoms with Gasteiger partial charge in [-0.05, 0) is 29.6 Å². The highest BCUT2D eigenvalue weighted by molar-refractivity contribution is 7.14. The second kappa shape index (κ2) is 7.19. The van der Waals surface area contributed by atoms with Gasteiger partial charge in [0.2, 0.25) is 5.91 Å². The number of thiazole rings is 1. The Balaban J connectivity index is 1.43. The van der Waals surface area contributed by atoms with Gasteiger partial charge < -0.3 is 9.88 Å². The van der Waals surface area contributed by atoms with Crippen molar-refractivity contribution in [3.8, 4) is 16.3 Å². The van der Waals surface area contributed by atoms with E-state index >= 15 is 0 Å². The Morgan fingerprint density at radius 1 is 1.27 bits per heavy atom. The molecule has 0 aliphatic heterocycles. The van der Waals surface area contributed by atoms with Gasteiger partial charge in [-0.25, -0.2) is 14.4 Å². The smallest absolute Gasteiger partial charge is 0.230 e. The highest BCUT2D eigenvalue weighted by atomic mass is 32.1. The Morgan fingerprint density at radius 3 is 2.92 bits per heavy atom. The first-order chi connectivity index (χ1) is 12.7. The van der Waals surface area contributed by atoms with E-state index in [2.05, 4.69) is 15.3 Å². The van der Waals surface area contributed by atoms with Crippen molar-refractivity contribution in [2.45, 2.75) is 6.42 Å². The SMILES string of the molecule is O=C(Cc1csc(-c2ccsc2)n1)Nc1ccc(-n2ccnc2)c(F)c1. The van der Waals surface area contributed by atoms with Crippen LogP contribution in [0.15, 0.2) is 59.1 Å². The van der Waals surface area contributed by atoms with Crippen molar-refractivity contribution in [1.82, 2.24) is 14.5 Å². The average molecular weight is 384 g/mol. The molecule has 0 saturated carbocycles. The zero-order chi connectivity index (χ0) is 17.9. The molecule has 0 fully saturated rings. The summed E-state index contributed by atoms with van der Waals surface area (Å²) < 4.78 is 15.8. The molecule has 0 spiro atoms. The lowest BCUT2D eigenvalue weighted by Crippen LogP contribution is -2.15. The van der Waals surface area contributed by atoms with Crippen molar-refractivity contribution in [2.24, 2.45) is 0 Å². The maximum Gasteiger partial charge on any atom is 0.230 e. The summed E-state index contributed by atoms with van der Waals surface area (Å²) in [5.41, 5.74) is 2.54. The van der Waals surface area contributed by atoms with Gasteiger partial charge in [0.05, 0.1) is 24.1 Å². The van der Waals surface area contributed by atoms with E-state index in [-0.39, 0.29) is 12.3 Å². The number of amides is 1. The van der Waals surface area contributed by atoms with Crippen LogP contribution in [-0.2, 0) is 11.2 Å². The van der Waals surface area contributed by atoms with E-state index in [4.69, 9.17) is 0 Å². The molecule has 5 nitrogen and oxygen atoms in total. The van der Waals surface area contributed by atoms with Gasteiger partial charge in [-0.15, -0.1) is 11.3 Å². The second-order valence-corrected chi connectivity index (χ2v) is 7.16. The lowest BCUT2D eigenvalue weighted by molar-refractivity contribution is -0.115. The number of hydrogen-bond acceptors (Lipinski definition) is 5. The van der Waals surface area contributed by atoms with Crippen LogP contribution in [0.5, 0.6) is 0 Å². The number of imidazole rings is 1. The third-order valence-electron chi connectivity index (χ3n) is 3.68. The maximum atomic E-state index is 14.2. The Bertz CT molecular complexity index is 1030. The topological polar surface area (TPSA) is 59.8 Å². The highest BCUT2D eigenvalue weighted by Crippen LogP contribution is 2.26. The van der Waals surface area contributed by atoms with E-state index < -0.39 is 5.82 Å². The molecule has 26 heavy (non-hydrogen) atoms. The predicted molar refractivity (Wildman–Crippen MR) is 101 cm³/mol. The van der Waals surface area contributed by atoms with E-state index in [1.807, 2.05) is 22.2 Å². The van der Waals surface area contributed by atoms with Gasteiger partial charge in [0.1, 0.15) is 10.8 Å². The van der Waals surface area contributed by atoms with E-state index in [1.165, 1.54) is 23.7 Å². The number of rotatable bonds is 5. The van der Waals surface area contributed by atoms with Crippen LogP contribution in [0.3, 0.4) is 0 Å². The Kier molecular flexibility index (Phi) is 4.59. The number of halogens is 1. The number of nitrogens with one attached hydrogen (secondary N) is 1. The van der Waals surface area contributed by atoms with Crippen molar-refractivity contribution in [3.05, 3.63) is 70.6 Å². The number of anilines is 1. The van der Waals surface area contributed by atoms with Crippen LogP contribution in [0.2, 0.25) is 0 Å². The van der Waals surface area contributed by atoms with Crippen LogP contribution in [0, 0.1) is 5.82 Å². The van der Waals surface area contributed by atoms with E-state index in [1.54, 1.807) is 40.4 Å². The molecule has 0 aliphatic rings. The number of carbonyl (C=O) groups is 1. The van der Waals surface area contributed by atoms with Gasteiger partial charge in [0.25, 0.3) is 0 Å². The summed E-state index contributed by atoms with van der Waals surface area (Å²) in [6, 6.07) is 6.56. The van der Waals surface area contributed by atoms with Crippen LogP contribution in [0.25, 0.3) is 16.3 Å². The normalized spacial score (nSPS) is 10.8. The zero-order valence-electron chi connectivity index (χ0n) is 13.4. The largest absolute Gasteiger partial charge is 0.326 e. The first kappa shape index (κ1) is 16.6. The van der Waals surface area contributed by atoms with Crippen LogP contribution in [0.4, 0.5) is 10.1 Å². The molecule has 4 rings (SSSR count). The minimum atomic E-state index is -0.436. The van der Waals surface area contributed by atoms with Crippen LogP contribution < -0.4 is 5.32 Å². The van der Waals surface area contributed by atoms with Crippen molar-refractivity contribution >= 4 is 34.3 Å². The summed E-state index contributed by atoms with van der Waals surface area (Å²) in [6.45, 7) is 0. The summed E-state index contributed by atoms with van der Waals surface area (Å²) in [5, 5.41) is 9.49. The van der Waals surface area contributed by atoms with Gasteiger partial charge in [-0.1, -0.05) is 0 Å². The minimum Gasteiger partial charge on any atom is -0.326 e. The molecule has 0 bridgehead atoms. The van der Waals surface area contributed by atoms with Crippen molar-refractivity contribution < 1.29 is 9.18 Å². The lowest BCUT2D eigenvalue weighted by atomic mass is 10.2. The molecule has 0 radical (unpaired) electrons.